The van der Waals surface area contributed by atoms with E-state index in [1.165, 1.54) is 5.56 Å². The van der Waals surface area contributed by atoms with Crippen molar-refractivity contribution < 1.29 is 14.3 Å². The van der Waals surface area contributed by atoms with Gasteiger partial charge in [0.05, 0.1) is 0 Å². The third-order valence-electron chi connectivity index (χ3n) is 5.58. The number of benzene rings is 2. The maximum absolute atomic E-state index is 12.6. The summed E-state index contributed by atoms with van der Waals surface area (Å²) >= 11 is 0. The number of ether oxygens (including phenoxy) is 1. The first kappa shape index (κ1) is 21.9. The minimum atomic E-state index is -0.608. The number of aryl methyl sites for hydroxylation is 1. The van der Waals surface area contributed by atoms with Crippen LogP contribution in [0.3, 0.4) is 0 Å². The van der Waals surface area contributed by atoms with Crippen LogP contribution in [0, 0.1) is 6.92 Å². The maximum atomic E-state index is 12.6. The second-order valence-electron chi connectivity index (χ2n) is 8.35. The second kappa shape index (κ2) is 9.79. The predicted octanol–water partition coefficient (Wildman–Crippen LogP) is 4.44. The van der Waals surface area contributed by atoms with Gasteiger partial charge in [-0.25, -0.2) is 0 Å². The number of rotatable bonds is 7. The van der Waals surface area contributed by atoms with Gasteiger partial charge in [-0.05, 0) is 73.6 Å². The van der Waals surface area contributed by atoms with Crippen LogP contribution in [0.25, 0.3) is 0 Å². The highest BCUT2D eigenvalue weighted by molar-refractivity contribution is 5.94. The summed E-state index contributed by atoms with van der Waals surface area (Å²) in [6, 6.07) is 13.4. The molecule has 1 N–H and O–H groups in total. The van der Waals surface area contributed by atoms with Crippen molar-refractivity contribution in [1.82, 2.24) is 10.2 Å². The Hall–Kier alpha value is -2.82. The van der Waals surface area contributed by atoms with E-state index in [4.69, 9.17) is 4.74 Å². The van der Waals surface area contributed by atoms with Crippen molar-refractivity contribution in [3.05, 3.63) is 64.7 Å². The highest BCUT2D eigenvalue weighted by Crippen LogP contribution is 2.24. The van der Waals surface area contributed by atoms with Gasteiger partial charge in [-0.1, -0.05) is 32.0 Å². The van der Waals surface area contributed by atoms with Gasteiger partial charge in [0.15, 0.2) is 6.10 Å². The Labute approximate surface area is 179 Å². The van der Waals surface area contributed by atoms with Crippen LogP contribution in [-0.2, 0) is 11.3 Å². The van der Waals surface area contributed by atoms with Gasteiger partial charge in [-0.2, -0.15) is 0 Å². The fourth-order valence-corrected chi connectivity index (χ4v) is 3.88. The average Bonchev–Trinajstić information content (AvgIpc) is 3.26. The SMILES string of the molecule is Cc1cc(OC(C)C(=O)NCc2cccc(C(=O)N3CCCC3)c2)ccc1C(C)C. The highest BCUT2D eigenvalue weighted by Gasteiger charge is 2.20. The molecule has 0 aromatic heterocycles. The van der Waals surface area contributed by atoms with E-state index >= 15 is 0 Å². The number of carbonyl (C=O) groups is 2. The van der Waals surface area contributed by atoms with Gasteiger partial charge < -0.3 is 15.0 Å². The summed E-state index contributed by atoms with van der Waals surface area (Å²) in [4.78, 5) is 26.9. The van der Waals surface area contributed by atoms with Crippen molar-refractivity contribution in [3.63, 3.8) is 0 Å². The summed E-state index contributed by atoms with van der Waals surface area (Å²) in [6.45, 7) is 10.1. The number of carbonyl (C=O) groups excluding carboxylic acids is 2. The quantitative estimate of drug-likeness (QED) is 0.737. The standard InChI is InChI=1S/C25H32N2O3/c1-17(2)23-11-10-22(14-18(23)3)30-19(4)24(28)26-16-20-8-7-9-21(15-20)25(29)27-12-5-6-13-27/h7-11,14-15,17,19H,5-6,12-13,16H2,1-4H3,(H,26,28). The van der Waals surface area contributed by atoms with Gasteiger partial charge in [0.25, 0.3) is 11.8 Å². The lowest BCUT2D eigenvalue weighted by molar-refractivity contribution is -0.127. The average molecular weight is 409 g/mol. The molecule has 1 atom stereocenters. The van der Waals surface area contributed by atoms with Crippen molar-refractivity contribution in [3.8, 4) is 5.75 Å². The van der Waals surface area contributed by atoms with Crippen molar-refractivity contribution in [2.45, 2.75) is 59.1 Å². The Bertz CT molecular complexity index is 901. The smallest absolute Gasteiger partial charge is 0.261 e. The highest BCUT2D eigenvalue weighted by atomic mass is 16.5. The summed E-state index contributed by atoms with van der Waals surface area (Å²) in [5.41, 5.74) is 4.02. The van der Waals surface area contributed by atoms with Crippen molar-refractivity contribution in [2.75, 3.05) is 13.1 Å². The molecular formula is C25H32N2O3. The van der Waals surface area contributed by atoms with Gasteiger partial charge in [-0.3, -0.25) is 9.59 Å². The molecule has 1 fully saturated rings. The zero-order valence-corrected chi connectivity index (χ0v) is 18.4. The Morgan fingerprint density at radius 2 is 1.80 bits per heavy atom. The summed E-state index contributed by atoms with van der Waals surface area (Å²) in [6.07, 6.45) is 1.53. The summed E-state index contributed by atoms with van der Waals surface area (Å²) in [5, 5.41) is 2.91. The number of nitrogens with one attached hydrogen (secondary N) is 1. The molecule has 0 radical (unpaired) electrons. The van der Waals surface area contributed by atoms with Gasteiger partial charge in [0.1, 0.15) is 5.75 Å². The number of amides is 2. The van der Waals surface area contributed by atoms with E-state index in [1.807, 2.05) is 41.3 Å². The third kappa shape index (κ3) is 5.41. The summed E-state index contributed by atoms with van der Waals surface area (Å²) in [7, 11) is 0. The molecule has 2 aromatic carbocycles. The van der Waals surface area contributed by atoms with E-state index in [-0.39, 0.29) is 11.8 Å². The van der Waals surface area contributed by atoms with Crippen LogP contribution < -0.4 is 10.1 Å². The van der Waals surface area contributed by atoms with Gasteiger partial charge in [-0.15, -0.1) is 0 Å². The molecule has 5 heteroatoms. The van der Waals surface area contributed by atoms with Crippen molar-refractivity contribution >= 4 is 11.8 Å². The lowest BCUT2D eigenvalue weighted by Crippen LogP contribution is -2.36. The molecule has 2 aromatic rings. The largest absolute Gasteiger partial charge is 0.481 e. The Morgan fingerprint density at radius 1 is 1.07 bits per heavy atom. The molecular weight excluding hydrogens is 376 g/mol. The number of hydrogen-bond acceptors (Lipinski definition) is 3. The van der Waals surface area contributed by atoms with E-state index in [1.54, 1.807) is 6.92 Å². The fraction of sp³-hybridized carbons (Fsp3) is 0.440. The van der Waals surface area contributed by atoms with Gasteiger partial charge in [0.2, 0.25) is 0 Å². The van der Waals surface area contributed by atoms with Crippen LogP contribution in [0.15, 0.2) is 42.5 Å². The summed E-state index contributed by atoms with van der Waals surface area (Å²) in [5.74, 6) is 1.03. The van der Waals surface area contributed by atoms with Crippen molar-refractivity contribution in [1.29, 1.82) is 0 Å². The molecule has 1 unspecified atom stereocenters. The maximum Gasteiger partial charge on any atom is 0.261 e. The van der Waals surface area contributed by atoms with E-state index in [9.17, 15) is 9.59 Å². The number of nitrogens with zero attached hydrogens (tertiary/aromatic N) is 1. The number of likely N-dealkylation sites (tertiary alicyclic amines) is 1. The lowest BCUT2D eigenvalue weighted by Gasteiger charge is -2.17. The van der Waals surface area contributed by atoms with E-state index in [2.05, 4.69) is 32.2 Å². The van der Waals surface area contributed by atoms with E-state index in [0.29, 0.717) is 23.8 Å². The van der Waals surface area contributed by atoms with Crippen LogP contribution in [0.5, 0.6) is 5.75 Å². The topological polar surface area (TPSA) is 58.6 Å². The normalized spacial score (nSPS) is 14.6. The molecule has 5 nitrogen and oxygen atoms in total. The second-order valence-corrected chi connectivity index (χ2v) is 8.35. The molecule has 30 heavy (non-hydrogen) atoms. The van der Waals surface area contributed by atoms with Gasteiger partial charge >= 0.3 is 0 Å². The predicted molar refractivity (Wildman–Crippen MR) is 119 cm³/mol. The van der Waals surface area contributed by atoms with Crippen LogP contribution >= 0.6 is 0 Å². The first-order valence-corrected chi connectivity index (χ1v) is 10.8. The molecule has 0 bridgehead atoms. The first-order chi connectivity index (χ1) is 14.3. The lowest BCUT2D eigenvalue weighted by atomic mass is 9.98. The molecule has 3 rings (SSSR count). The van der Waals surface area contributed by atoms with E-state index < -0.39 is 6.10 Å². The Balaban J connectivity index is 1.55. The minimum absolute atomic E-state index is 0.0672. The van der Waals surface area contributed by atoms with Crippen LogP contribution in [-0.4, -0.2) is 35.9 Å². The number of hydrogen-bond donors (Lipinski definition) is 1. The summed E-state index contributed by atoms with van der Waals surface area (Å²) < 4.78 is 5.84. The molecule has 1 saturated heterocycles. The molecule has 1 aliphatic rings. The molecule has 1 aliphatic heterocycles. The monoisotopic (exact) mass is 408 g/mol. The van der Waals surface area contributed by atoms with Crippen molar-refractivity contribution in [2.24, 2.45) is 0 Å². The zero-order valence-electron chi connectivity index (χ0n) is 18.4. The van der Waals surface area contributed by atoms with Crippen LogP contribution in [0.1, 0.15) is 66.6 Å². The molecule has 0 aliphatic carbocycles. The molecule has 0 spiro atoms. The Kier molecular flexibility index (Phi) is 7.14. The zero-order chi connectivity index (χ0) is 21.7. The van der Waals surface area contributed by atoms with Gasteiger partial charge in [0, 0.05) is 25.2 Å². The fourth-order valence-electron chi connectivity index (χ4n) is 3.88. The molecule has 1 heterocycles. The van der Waals surface area contributed by atoms with E-state index in [0.717, 1.165) is 37.1 Å². The molecule has 160 valence electrons. The van der Waals surface area contributed by atoms with Crippen LogP contribution in [0.2, 0.25) is 0 Å². The first-order valence-electron chi connectivity index (χ1n) is 10.8. The Morgan fingerprint density at radius 3 is 2.47 bits per heavy atom. The third-order valence-corrected chi connectivity index (χ3v) is 5.58. The molecule has 2 amide bonds. The molecule has 0 saturated carbocycles. The minimum Gasteiger partial charge on any atom is -0.481 e. The van der Waals surface area contributed by atoms with Crippen LogP contribution in [0.4, 0.5) is 0 Å².